The lowest BCUT2D eigenvalue weighted by Crippen LogP contribution is -2.44. The van der Waals surface area contributed by atoms with Crippen molar-refractivity contribution in [3.8, 4) is 0 Å². The Kier molecular flexibility index (Phi) is 4.74. The topological polar surface area (TPSA) is 73.1 Å². The molecule has 1 saturated heterocycles. The molecule has 4 rings (SSSR count). The third-order valence-electron chi connectivity index (χ3n) is 4.91. The van der Waals surface area contributed by atoms with Crippen LogP contribution < -0.4 is 0 Å². The molecule has 0 spiro atoms. The summed E-state index contributed by atoms with van der Waals surface area (Å²) in [5.74, 6) is 1.40. The summed E-state index contributed by atoms with van der Waals surface area (Å²) in [6.45, 7) is 2.68. The molecule has 1 fully saturated rings. The van der Waals surface area contributed by atoms with Crippen LogP contribution in [-0.2, 0) is 24.3 Å². The summed E-state index contributed by atoms with van der Waals surface area (Å²) in [5.41, 5.74) is 0.914. The molecular weight excluding hydrogens is 318 g/mol. The predicted molar refractivity (Wildman–Crippen MR) is 90.9 cm³/mol. The molecule has 0 saturated carbocycles. The molecule has 0 radical (unpaired) electrons. The minimum Gasteiger partial charge on any atom is -0.370 e. The Labute approximate surface area is 147 Å². The van der Waals surface area contributed by atoms with Crippen LogP contribution in [0.1, 0.15) is 47.8 Å². The third-order valence-corrected chi connectivity index (χ3v) is 4.91. The van der Waals surface area contributed by atoms with Gasteiger partial charge in [-0.05, 0) is 37.8 Å². The van der Waals surface area contributed by atoms with Crippen LogP contribution >= 0.6 is 0 Å². The number of carbonyl (C=O) groups is 1. The lowest BCUT2D eigenvalue weighted by molar-refractivity contribution is -0.00833. The van der Waals surface area contributed by atoms with Crippen molar-refractivity contribution in [3.63, 3.8) is 0 Å². The Morgan fingerprint density at radius 2 is 2.16 bits per heavy atom. The Morgan fingerprint density at radius 3 is 3.04 bits per heavy atom. The van der Waals surface area contributed by atoms with E-state index in [0.717, 1.165) is 56.7 Å². The van der Waals surface area contributed by atoms with Gasteiger partial charge in [-0.25, -0.2) is 0 Å². The van der Waals surface area contributed by atoms with E-state index in [4.69, 9.17) is 4.74 Å². The number of ether oxygens (including phenoxy) is 1. The van der Waals surface area contributed by atoms with Gasteiger partial charge in [-0.3, -0.25) is 9.78 Å². The van der Waals surface area contributed by atoms with E-state index in [0.29, 0.717) is 19.0 Å². The summed E-state index contributed by atoms with van der Waals surface area (Å²) in [6.07, 6.45) is 6.85. The number of rotatable bonds is 4. The van der Waals surface area contributed by atoms with Gasteiger partial charge in [0, 0.05) is 32.3 Å². The predicted octanol–water partition coefficient (Wildman–Crippen LogP) is 1.83. The van der Waals surface area contributed by atoms with Gasteiger partial charge in [0.25, 0.3) is 5.91 Å². The fourth-order valence-corrected chi connectivity index (χ4v) is 3.55. The van der Waals surface area contributed by atoms with Crippen LogP contribution in [0.4, 0.5) is 0 Å². The largest absolute Gasteiger partial charge is 0.370 e. The van der Waals surface area contributed by atoms with E-state index in [1.807, 2.05) is 27.7 Å². The molecule has 1 amide bonds. The number of aromatic nitrogens is 4. The van der Waals surface area contributed by atoms with Crippen molar-refractivity contribution in [2.45, 2.75) is 51.4 Å². The highest BCUT2D eigenvalue weighted by Gasteiger charge is 2.29. The Bertz CT molecular complexity index is 730. The first-order chi connectivity index (χ1) is 12.3. The maximum Gasteiger partial charge on any atom is 0.291 e. The number of amides is 1. The lowest BCUT2D eigenvalue weighted by atomic mass is 10.1. The maximum atomic E-state index is 12.9. The van der Waals surface area contributed by atoms with Crippen molar-refractivity contribution in [1.29, 1.82) is 0 Å². The van der Waals surface area contributed by atoms with Gasteiger partial charge in [0.2, 0.25) is 5.82 Å². The number of pyridine rings is 1. The first-order valence-corrected chi connectivity index (χ1v) is 9.04. The number of nitrogens with zero attached hydrogens (tertiary/aromatic N) is 5. The van der Waals surface area contributed by atoms with Crippen molar-refractivity contribution in [2.24, 2.45) is 0 Å². The summed E-state index contributed by atoms with van der Waals surface area (Å²) >= 11 is 0. The highest BCUT2D eigenvalue weighted by atomic mass is 16.5. The number of piperidine rings is 1. The number of aryl methyl sites for hydroxylation is 1. The third kappa shape index (κ3) is 3.56. The Hall–Kier alpha value is -2.28. The number of hydrogen-bond acceptors (Lipinski definition) is 5. The van der Waals surface area contributed by atoms with Crippen molar-refractivity contribution in [1.82, 2.24) is 24.6 Å². The molecule has 0 unspecified atom stereocenters. The molecule has 0 N–H and O–H groups in total. The van der Waals surface area contributed by atoms with Crippen LogP contribution in [0, 0.1) is 0 Å². The van der Waals surface area contributed by atoms with Crippen molar-refractivity contribution >= 4 is 5.91 Å². The molecule has 132 valence electrons. The van der Waals surface area contributed by atoms with Gasteiger partial charge in [0.15, 0.2) is 0 Å². The monoisotopic (exact) mass is 341 g/mol. The lowest BCUT2D eigenvalue weighted by Gasteiger charge is -2.32. The van der Waals surface area contributed by atoms with E-state index in [2.05, 4.69) is 15.2 Å². The van der Waals surface area contributed by atoms with Gasteiger partial charge in [0.1, 0.15) is 5.82 Å². The molecule has 2 aliphatic rings. The molecule has 0 aliphatic carbocycles. The van der Waals surface area contributed by atoms with Crippen molar-refractivity contribution in [2.75, 3.05) is 13.1 Å². The zero-order valence-corrected chi connectivity index (χ0v) is 14.3. The quantitative estimate of drug-likeness (QED) is 0.848. The standard InChI is InChI=1S/C18H23N5O2/c24-18(17-21-20-16-8-2-4-11-23(16)17)22-10-5-7-15(12-22)25-13-14-6-1-3-9-19-14/h1,3,6,9,15H,2,4-5,7-8,10-13H2/t15-/m1/s1. The smallest absolute Gasteiger partial charge is 0.291 e. The summed E-state index contributed by atoms with van der Waals surface area (Å²) in [5, 5.41) is 8.36. The van der Waals surface area contributed by atoms with Crippen LogP contribution in [0.15, 0.2) is 24.4 Å². The molecule has 1 atom stereocenters. The van der Waals surface area contributed by atoms with E-state index in [1.165, 1.54) is 0 Å². The van der Waals surface area contributed by atoms with Gasteiger partial charge in [-0.2, -0.15) is 0 Å². The van der Waals surface area contributed by atoms with Crippen LogP contribution in [0.25, 0.3) is 0 Å². The zero-order valence-electron chi connectivity index (χ0n) is 14.3. The summed E-state index contributed by atoms with van der Waals surface area (Å²) in [4.78, 5) is 19.0. The zero-order chi connectivity index (χ0) is 17.1. The normalized spacial score (nSPS) is 20.3. The second kappa shape index (κ2) is 7.31. The minimum atomic E-state index is -0.0215. The number of carbonyl (C=O) groups excluding carboxylic acids is 1. The van der Waals surface area contributed by atoms with Gasteiger partial charge < -0.3 is 14.2 Å². The van der Waals surface area contributed by atoms with E-state index in [9.17, 15) is 4.79 Å². The summed E-state index contributed by atoms with van der Waals surface area (Å²) in [7, 11) is 0. The van der Waals surface area contributed by atoms with E-state index in [1.54, 1.807) is 6.20 Å². The number of likely N-dealkylation sites (tertiary alicyclic amines) is 1. The number of hydrogen-bond donors (Lipinski definition) is 0. The Morgan fingerprint density at radius 1 is 1.20 bits per heavy atom. The molecule has 2 aromatic heterocycles. The van der Waals surface area contributed by atoms with E-state index in [-0.39, 0.29) is 12.0 Å². The fraction of sp³-hybridized carbons (Fsp3) is 0.556. The maximum absolute atomic E-state index is 12.9. The molecule has 0 bridgehead atoms. The second-order valence-electron chi connectivity index (χ2n) is 6.70. The first-order valence-electron chi connectivity index (χ1n) is 9.04. The van der Waals surface area contributed by atoms with Gasteiger partial charge in [-0.1, -0.05) is 6.07 Å². The van der Waals surface area contributed by atoms with Crippen LogP contribution in [0.2, 0.25) is 0 Å². The SMILES string of the molecule is O=C(c1nnc2n1CCCC2)N1CCC[C@@H](OCc2ccccn2)C1. The minimum absolute atomic E-state index is 0.0215. The summed E-state index contributed by atoms with van der Waals surface area (Å²) < 4.78 is 7.97. The molecule has 7 heteroatoms. The van der Waals surface area contributed by atoms with Gasteiger partial charge in [-0.15, -0.1) is 10.2 Å². The molecule has 4 heterocycles. The molecule has 2 aromatic rings. The molecule has 2 aliphatic heterocycles. The van der Waals surface area contributed by atoms with E-state index >= 15 is 0 Å². The van der Waals surface area contributed by atoms with Crippen molar-refractivity contribution in [3.05, 3.63) is 41.7 Å². The second-order valence-corrected chi connectivity index (χ2v) is 6.70. The van der Waals surface area contributed by atoms with Crippen LogP contribution in [0.3, 0.4) is 0 Å². The highest BCUT2D eigenvalue weighted by molar-refractivity contribution is 5.90. The molecule has 0 aromatic carbocycles. The van der Waals surface area contributed by atoms with E-state index < -0.39 is 0 Å². The van der Waals surface area contributed by atoms with Crippen LogP contribution in [-0.4, -0.2) is 49.7 Å². The molecule has 7 nitrogen and oxygen atoms in total. The highest BCUT2D eigenvalue weighted by Crippen LogP contribution is 2.19. The molecule has 25 heavy (non-hydrogen) atoms. The van der Waals surface area contributed by atoms with Crippen LogP contribution in [0.5, 0.6) is 0 Å². The average Bonchev–Trinajstić information content (AvgIpc) is 3.11. The first kappa shape index (κ1) is 16.2. The number of fused-ring (bicyclic) bond motifs is 1. The Balaban J connectivity index is 1.39. The fourth-order valence-electron chi connectivity index (χ4n) is 3.55. The average molecular weight is 341 g/mol. The molecular formula is C18H23N5O2. The van der Waals surface area contributed by atoms with Crippen molar-refractivity contribution < 1.29 is 9.53 Å². The van der Waals surface area contributed by atoms with Gasteiger partial charge in [0.05, 0.1) is 18.4 Å². The van der Waals surface area contributed by atoms with Gasteiger partial charge >= 0.3 is 0 Å². The summed E-state index contributed by atoms with van der Waals surface area (Å²) in [6, 6.07) is 5.80.